The van der Waals surface area contributed by atoms with Gasteiger partial charge in [0.25, 0.3) is 5.91 Å². The van der Waals surface area contributed by atoms with E-state index in [-0.39, 0.29) is 12.0 Å². The first kappa shape index (κ1) is 24.2. The zero-order valence-electron chi connectivity index (χ0n) is 19.9. The van der Waals surface area contributed by atoms with Crippen LogP contribution in [-0.4, -0.2) is 55.9 Å². The van der Waals surface area contributed by atoms with E-state index >= 15 is 0 Å². The van der Waals surface area contributed by atoms with Crippen LogP contribution >= 0.6 is 11.8 Å². The molecule has 0 aliphatic carbocycles. The third-order valence-electron chi connectivity index (χ3n) is 5.95. The largest absolute Gasteiger partial charge is 0.369 e. The predicted octanol–water partition coefficient (Wildman–Crippen LogP) is 4.16. The monoisotopic (exact) mass is 477 g/mol. The maximum Gasteiger partial charge on any atom is 0.263 e. The number of nitrogens with zero attached hydrogens (tertiary/aromatic N) is 4. The number of carbonyl (C=O) groups is 1. The number of ether oxygens (including phenoxy) is 1. The number of hydrogen-bond donors (Lipinski definition) is 1. The molecule has 34 heavy (non-hydrogen) atoms. The van der Waals surface area contributed by atoms with E-state index < -0.39 is 0 Å². The van der Waals surface area contributed by atoms with E-state index in [9.17, 15) is 4.79 Å². The molecule has 1 unspecified atom stereocenters. The summed E-state index contributed by atoms with van der Waals surface area (Å²) < 4.78 is 6.28. The van der Waals surface area contributed by atoms with Crippen molar-refractivity contribution in [1.82, 2.24) is 15.3 Å². The number of aromatic nitrogens is 2. The molecule has 0 radical (unpaired) electrons. The Bertz CT molecular complexity index is 1090. The van der Waals surface area contributed by atoms with Gasteiger partial charge in [0.15, 0.2) is 5.16 Å². The lowest BCUT2D eigenvalue weighted by Crippen LogP contribution is -2.33. The van der Waals surface area contributed by atoms with Gasteiger partial charge in [0.1, 0.15) is 11.4 Å². The van der Waals surface area contributed by atoms with Crippen molar-refractivity contribution in [3.05, 3.63) is 77.5 Å². The van der Waals surface area contributed by atoms with E-state index in [1.165, 1.54) is 17.3 Å². The van der Waals surface area contributed by atoms with Gasteiger partial charge in [-0.25, -0.2) is 9.97 Å². The Balaban J connectivity index is 1.47. The van der Waals surface area contributed by atoms with Crippen molar-refractivity contribution in [2.45, 2.75) is 24.3 Å². The number of rotatable bonds is 9. The first-order chi connectivity index (χ1) is 16.6. The molecule has 8 heteroatoms. The zero-order valence-corrected chi connectivity index (χ0v) is 20.7. The van der Waals surface area contributed by atoms with E-state index in [0.29, 0.717) is 36.2 Å². The zero-order chi connectivity index (χ0) is 23.9. The molecule has 178 valence electrons. The van der Waals surface area contributed by atoms with Crippen LogP contribution in [0.2, 0.25) is 0 Å². The Morgan fingerprint density at radius 3 is 2.59 bits per heavy atom. The molecule has 0 fully saturated rings. The molecule has 0 bridgehead atoms. The van der Waals surface area contributed by atoms with Crippen molar-refractivity contribution in [1.29, 1.82) is 0 Å². The van der Waals surface area contributed by atoms with Gasteiger partial charge in [0, 0.05) is 32.0 Å². The van der Waals surface area contributed by atoms with Crippen molar-refractivity contribution in [2.24, 2.45) is 0 Å². The summed E-state index contributed by atoms with van der Waals surface area (Å²) in [4.78, 5) is 26.0. The summed E-state index contributed by atoms with van der Waals surface area (Å²) in [5, 5.41) is 3.87. The lowest BCUT2D eigenvalue weighted by atomic mass is 10.1. The Labute approximate surface area is 205 Å². The van der Waals surface area contributed by atoms with Gasteiger partial charge in [-0.3, -0.25) is 4.79 Å². The summed E-state index contributed by atoms with van der Waals surface area (Å²) in [6.07, 6.45) is 4.50. The van der Waals surface area contributed by atoms with Crippen LogP contribution in [0, 0.1) is 0 Å². The molecule has 1 amide bonds. The smallest absolute Gasteiger partial charge is 0.263 e. The third-order valence-corrected chi connectivity index (χ3v) is 6.51. The van der Waals surface area contributed by atoms with Gasteiger partial charge in [-0.15, -0.1) is 0 Å². The fraction of sp³-hybridized carbons (Fsp3) is 0.346. The number of benzene rings is 2. The Kier molecular flexibility index (Phi) is 8.16. The predicted molar refractivity (Wildman–Crippen MR) is 138 cm³/mol. The number of likely N-dealkylation sites (N-methyl/N-ethyl adjacent to an activating group) is 1. The van der Waals surface area contributed by atoms with Gasteiger partial charge in [-0.2, -0.15) is 0 Å². The van der Waals surface area contributed by atoms with E-state index in [4.69, 9.17) is 4.74 Å². The number of amides is 1. The van der Waals surface area contributed by atoms with Crippen molar-refractivity contribution < 1.29 is 9.53 Å². The average Bonchev–Trinajstić information content (AvgIpc) is 3.01. The van der Waals surface area contributed by atoms with Crippen LogP contribution in [0.25, 0.3) is 0 Å². The quantitative estimate of drug-likeness (QED) is 0.366. The highest BCUT2D eigenvalue weighted by atomic mass is 32.2. The second kappa shape index (κ2) is 11.5. The van der Waals surface area contributed by atoms with Crippen LogP contribution in [0.3, 0.4) is 0 Å². The minimum atomic E-state index is -0.0767. The lowest BCUT2D eigenvalue weighted by molar-refractivity contribution is 0.0344. The second-order valence-corrected chi connectivity index (χ2v) is 9.01. The molecule has 1 atom stereocenters. The van der Waals surface area contributed by atoms with Gasteiger partial charge < -0.3 is 19.9 Å². The van der Waals surface area contributed by atoms with Crippen molar-refractivity contribution in [3.63, 3.8) is 0 Å². The fourth-order valence-electron chi connectivity index (χ4n) is 4.00. The summed E-state index contributed by atoms with van der Waals surface area (Å²) in [5.41, 5.74) is 3.64. The molecule has 2 heterocycles. The average molecular weight is 478 g/mol. The number of carbonyl (C=O) groups excluding carboxylic acids is 1. The standard InChI is InChI=1S/C26H31N5O2S/c1-27-14-13-23(20-7-5-4-6-8-20)33-18-19-9-11-21(12-10-19)31-16-15-30(2)24-22(25(31)32)17-28-26(29-24)34-3/h4-12,17,23,27H,13-16,18H2,1-3H3. The molecule has 0 saturated carbocycles. The maximum atomic E-state index is 13.3. The molecular formula is C26H31N5O2S. The number of anilines is 2. The van der Waals surface area contributed by atoms with E-state index in [1.54, 1.807) is 11.1 Å². The summed E-state index contributed by atoms with van der Waals surface area (Å²) in [5.74, 6) is 0.609. The van der Waals surface area contributed by atoms with Gasteiger partial charge in [-0.1, -0.05) is 54.2 Å². The van der Waals surface area contributed by atoms with Crippen molar-refractivity contribution >= 4 is 29.2 Å². The lowest BCUT2D eigenvalue weighted by Gasteiger charge is -2.22. The van der Waals surface area contributed by atoms with E-state index in [2.05, 4.69) is 27.4 Å². The molecule has 1 aliphatic rings. The molecule has 0 spiro atoms. The summed E-state index contributed by atoms with van der Waals surface area (Å²) in [6.45, 7) is 2.66. The second-order valence-electron chi connectivity index (χ2n) is 8.24. The number of fused-ring (bicyclic) bond motifs is 1. The highest BCUT2D eigenvalue weighted by molar-refractivity contribution is 7.98. The number of nitrogens with one attached hydrogen (secondary N) is 1. The molecule has 2 aromatic carbocycles. The molecule has 3 aromatic rings. The van der Waals surface area contributed by atoms with Crippen LogP contribution in [0.15, 0.2) is 66.0 Å². The van der Waals surface area contributed by atoms with Crippen LogP contribution in [0.1, 0.15) is 34.0 Å². The number of hydrogen-bond acceptors (Lipinski definition) is 7. The van der Waals surface area contributed by atoms with Crippen molar-refractivity contribution in [3.8, 4) is 0 Å². The van der Waals surface area contributed by atoms with Crippen LogP contribution in [0.4, 0.5) is 11.5 Å². The molecule has 1 N–H and O–H groups in total. The summed E-state index contributed by atoms with van der Waals surface area (Å²) >= 11 is 1.47. The third kappa shape index (κ3) is 5.58. The number of thioether (sulfide) groups is 1. The van der Waals surface area contributed by atoms with Crippen LogP contribution in [0.5, 0.6) is 0 Å². The molecule has 4 rings (SSSR count). The minimum absolute atomic E-state index is 0.0266. The Morgan fingerprint density at radius 2 is 1.88 bits per heavy atom. The summed E-state index contributed by atoms with van der Waals surface area (Å²) in [7, 11) is 3.92. The molecule has 0 saturated heterocycles. The Morgan fingerprint density at radius 1 is 1.12 bits per heavy atom. The SMILES string of the molecule is CNCCC(OCc1ccc(N2CCN(C)c3nc(SC)ncc3C2=O)cc1)c1ccccc1. The topological polar surface area (TPSA) is 70.6 Å². The van der Waals surface area contributed by atoms with E-state index in [1.807, 2.05) is 67.7 Å². The normalized spacial score (nSPS) is 14.6. The van der Waals surface area contributed by atoms with Crippen molar-refractivity contribution in [2.75, 3.05) is 49.8 Å². The fourth-order valence-corrected chi connectivity index (χ4v) is 4.34. The van der Waals surface area contributed by atoms with Gasteiger partial charge in [0.05, 0.1) is 12.7 Å². The molecule has 1 aromatic heterocycles. The Hall–Kier alpha value is -2.94. The molecule has 7 nitrogen and oxygen atoms in total. The summed E-state index contributed by atoms with van der Waals surface area (Å²) in [6, 6.07) is 18.4. The van der Waals surface area contributed by atoms with E-state index in [0.717, 1.165) is 24.2 Å². The molecule has 1 aliphatic heterocycles. The van der Waals surface area contributed by atoms with Gasteiger partial charge in [-0.05, 0) is 49.5 Å². The minimum Gasteiger partial charge on any atom is -0.369 e. The highest BCUT2D eigenvalue weighted by Crippen LogP contribution is 2.28. The van der Waals surface area contributed by atoms with Crippen LogP contribution < -0.4 is 15.1 Å². The van der Waals surface area contributed by atoms with Crippen LogP contribution in [-0.2, 0) is 11.3 Å². The maximum absolute atomic E-state index is 13.3. The van der Waals surface area contributed by atoms with Gasteiger partial charge in [0.2, 0.25) is 0 Å². The molecular weight excluding hydrogens is 446 g/mol. The first-order valence-corrected chi connectivity index (χ1v) is 12.7. The van der Waals surface area contributed by atoms with Gasteiger partial charge >= 0.3 is 0 Å². The first-order valence-electron chi connectivity index (χ1n) is 11.4. The highest BCUT2D eigenvalue weighted by Gasteiger charge is 2.28.